The molecule has 30 heavy (non-hydrogen) atoms. The van der Waals surface area contributed by atoms with E-state index in [2.05, 4.69) is 59.9 Å². The lowest BCUT2D eigenvalue weighted by atomic mass is 9.83. The van der Waals surface area contributed by atoms with Gasteiger partial charge in [-0.2, -0.15) is 0 Å². The number of rotatable bonds is 14. The average Bonchev–Trinajstić information content (AvgIpc) is 2.65. The van der Waals surface area contributed by atoms with Crippen molar-refractivity contribution in [2.24, 2.45) is 17.8 Å². The molecule has 0 rings (SSSR count). The van der Waals surface area contributed by atoms with Gasteiger partial charge in [-0.05, 0) is 43.8 Å². The van der Waals surface area contributed by atoms with Crippen LogP contribution in [0.1, 0.15) is 67.7 Å². The molecule has 0 aromatic carbocycles. The van der Waals surface area contributed by atoms with E-state index < -0.39 is 20.5 Å². The molecule has 0 radical (unpaired) electrons. The van der Waals surface area contributed by atoms with E-state index in [-0.39, 0.29) is 23.0 Å². The van der Waals surface area contributed by atoms with E-state index in [1.807, 2.05) is 26.0 Å². The Morgan fingerprint density at radius 3 is 2.10 bits per heavy atom. The maximum absolute atomic E-state index is 10.8. The van der Waals surface area contributed by atoms with Crippen molar-refractivity contribution in [1.82, 2.24) is 0 Å². The Kier molecular flexibility index (Phi) is 13.6. The number of hydrogen-bond acceptors (Lipinski definition) is 4. The van der Waals surface area contributed by atoms with Gasteiger partial charge in [0.25, 0.3) is 0 Å². The molecule has 6 atom stereocenters. The second-order valence-corrected chi connectivity index (χ2v) is 15.1. The molecule has 0 saturated carbocycles. The number of hydrogen-bond donors (Lipinski definition) is 2. The third-order valence-corrected chi connectivity index (χ3v) is 11.4. The summed E-state index contributed by atoms with van der Waals surface area (Å²) >= 11 is 0. The predicted molar refractivity (Wildman–Crippen MR) is 131 cm³/mol. The lowest BCUT2D eigenvalue weighted by Crippen LogP contribution is -2.40. The van der Waals surface area contributed by atoms with Crippen LogP contribution in [0.3, 0.4) is 0 Å². The minimum absolute atomic E-state index is 0.0105. The predicted octanol–water partition coefficient (Wildman–Crippen LogP) is 5.96. The largest absolute Gasteiger partial charge is 0.413 e. The molecule has 0 unspecified atom stereocenters. The highest BCUT2D eigenvalue weighted by molar-refractivity contribution is 6.74. The number of allylic oxidation sites excluding steroid dienone is 2. The zero-order valence-electron chi connectivity index (χ0n) is 21.3. The molecule has 4 nitrogen and oxygen atoms in total. The summed E-state index contributed by atoms with van der Waals surface area (Å²) < 4.78 is 11.9. The van der Waals surface area contributed by atoms with E-state index in [4.69, 9.17) is 9.16 Å². The van der Waals surface area contributed by atoms with Crippen molar-refractivity contribution in [3.8, 4) is 0 Å². The molecule has 0 saturated heterocycles. The van der Waals surface area contributed by atoms with Gasteiger partial charge in [0.15, 0.2) is 8.32 Å². The van der Waals surface area contributed by atoms with E-state index >= 15 is 0 Å². The van der Waals surface area contributed by atoms with Crippen LogP contribution in [-0.2, 0) is 9.16 Å². The molecule has 0 aliphatic rings. The first kappa shape index (κ1) is 29.5. The van der Waals surface area contributed by atoms with E-state index in [0.29, 0.717) is 18.9 Å². The van der Waals surface area contributed by atoms with E-state index in [1.54, 1.807) is 7.11 Å². The van der Waals surface area contributed by atoms with E-state index in [1.165, 1.54) is 0 Å². The molecule has 0 bridgehead atoms. The van der Waals surface area contributed by atoms with Crippen LogP contribution in [0.4, 0.5) is 0 Å². The van der Waals surface area contributed by atoms with Gasteiger partial charge in [0.05, 0.1) is 24.9 Å². The van der Waals surface area contributed by atoms with Gasteiger partial charge in [0, 0.05) is 25.4 Å². The van der Waals surface area contributed by atoms with Crippen LogP contribution in [0.25, 0.3) is 0 Å². The molecule has 0 aliphatic carbocycles. The molecule has 0 aliphatic heterocycles. The van der Waals surface area contributed by atoms with Crippen LogP contribution in [-0.4, -0.2) is 50.6 Å². The van der Waals surface area contributed by atoms with Gasteiger partial charge in [-0.3, -0.25) is 0 Å². The summed E-state index contributed by atoms with van der Waals surface area (Å²) in [5.74, 6) is 0.270. The Hall–Kier alpha value is -0.463. The fourth-order valence-corrected chi connectivity index (χ4v) is 4.49. The molecule has 5 heteroatoms. The second kappa shape index (κ2) is 13.8. The SMILES string of the molecule is C/C=C/C[C@H](C)[C@@H](OC)[C@@H](C)[C@H](O)C[C@@H](O)[C@@H](/C=C\CO[Si](C)(C)C(C)(C)C)CC. The molecule has 2 N–H and O–H groups in total. The molecular weight excluding hydrogens is 392 g/mol. The van der Waals surface area contributed by atoms with Crippen molar-refractivity contribution < 1.29 is 19.4 Å². The maximum Gasteiger partial charge on any atom is 0.192 e. The van der Waals surface area contributed by atoms with Gasteiger partial charge in [0.1, 0.15) is 0 Å². The van der Waals surface area contributed by atoms with E-state index in [0.717, 1.165) is 12.8 Å². The Bertz CT molecular complexity index is 510. The highest BCUT2D eigenvalue weighted by Gasteiger charge is 2.36. The topological polar surface area (TPSA) is 58.9 Å². The van der Waals surface area contributed by atoms with Crippen LogP contribution in [0.2, 0.25) is 18.1 Å². The third-order valence-electron chi connectivity index (χ3n) is 6.88. The number of ether oxygens (including phenoxy) is 1. The van der Waals surface area contributed by atoms with Gasteiger partial charge in [0.2, 0.25) is 0 Å². The average molecular weight is 443 g/mol. The number of aliphatic hydroxyl groups excluding tert-OH is 2. The zero-order valence-corrected chi connectivity index (χ0v) is 22.3. The van der Waals surface area contributed by atoms with Crippen molar-refractivity contribution in [1.29, 1.82) is 0 Å². The van der Waals surface area contributed by atoms with Crippen molar-refractivity contribution in [3.63, 3.8) is 0 Å². The van der Waals surface area contributed by atoms with Crippen LogP contribution < -0.4 is 0 Å². The second-order valence-electron chi connectivity index (χ2n) is 10.3. The quantitative estimate of drug-likeness (QED) is 0.257. The standard InChI is InChI=1S/C25H50O4Si/c1-11-13-15-19(3)24(28-8)20(4)22(26)18-23(27)21(12-2)16-14-17-29-30(9,10)25(5,6)7/h11,13-14,16,19-24,26-27H,12,15,17-18H2,1-10H3/b13-11+,16-14-/t19-,20-,21+,22+,23+,24+/m0/s1. The van der Waals surface area contributed by atoms with Crippen LogP contribution in [0.5, 0.6) is 0 Å². The van der Waals surface area contributed by atoms with Crippen LogP contribution in [0.15, 0.2) is 24.3 Å². The lowest BCUT2D eigenvalue weighted by molar-refractivity contribution is -0.0509. The van der Waals surface area contributed by atoms with Gasteiger partial charge >= 0.3 is 0 Å². The maximum atomic E-state index is 10.8. The zero-order chi connectivity index (χ0) is 23.5. The first-order valence-corrected chi connectivity index (χ1v) is 14.5. The molecule has 178 valence electrons. The molecule has 0 amide bonds. The molecule has 0 aromatic heterocycles. The third kappa shape index (κ3) is 9.78. The van der Waals surface area contributed by atoms with Crippen molar-refractivity contribution in [3.05, 3.63) is 24.3 Å². The minimum atomic E-state index is -1.77. The Balaban J connectivity index is 4.83. The smallest absolute Gasteiger partial charge is 0.192 e. The molecule has 0 heterocycles. The van der Waals surface area contributed by atoms with Gasteiger partial charge in [-0.25, -0.2) is 0 Å². The number of methoxy groups -OCH3 is 1. The summed E-state index contributed by atoms with van der Waals surface area (Å²) in [5.41, 5.74) is 0. The highest BCUT2D eigenvalue weighted by Crippen LogP contribution is 2.36. The van der Waals surface area contributed by atoms with Gasteiger partial charge in [-0.15, -0.1) is 0 Å². The van der Waals surface area contributed by atoms with Gasteiger partial charge < -0.3 is 19.4 Å². The van der Waals surface area contributed by atoms with Crippen LogP contribution in [0, 0.1) is 17.8 Å². The lowest BCUT2D eigenvalue weighted by Gasteiger charge is -2.35. The molecule has 0 aromatic rings. The summed E-state index contributed by atoms with van der Waals surface area (Å²) in [6, 6.07) is 0. The van der Waals surface area contributed by atoms with Crippen molar-refractivity contribution in [2.45, 2.75) is 104 Å². The Morgan fingerprint density at radius 2 is 1.63 bits per heavy atom. The summed E-state index contributed by atoms with van der Waals surface area (Å²) in [7, 11) is -0.0605. The monoisotopic (exact) mass is 442 g/mol. The molecular formula is C25H50O4Si. The summed E-state index contributed by atoms with van der Waals surface area (Å²) in [6.07, 6.45) is 9.12. The van der Waals surface area contributed by atoms with Crippen molar-refractivity contribution in [2.75, 3.05) is 13.7 Å². The Labute approximate surface area is 187 Å². The Morgan fingerprint density at radius 1 is 1.03 bits per heavy atom. The summed E-state index contributed by atoms with van der Waals surface area (Å²) in [4.78, 5) is 0. The van der Waals surface area contributed by atoms with Crippen LogP contribution >= 0.6 is 0 Å². The summed E-state index contributed by atoms with van der Waals surface area (Å²) in [5, 5.41) is 21.7. The molecule has 0 fully saturated rings. The van der Waals surface area contributed by atoms with E-state index in [9.17, 15) is 10.2 Å². The fraction of sp³-hybridized carbons (Fsp3) is 0.840. The minimum Gasteiger partial charge on any atom is -0.413 e. The summed E-state index contributed by atoms with van der Waals surface area (Å²) in [6.45, 7) is 20.0. The first-order valence-electron chi connectivity index (χ1n) is 11.6. The fourth-order valence-electron chi connectivity index (χ4n) is 3.55. The van der Waals surface area contributed by atoms with Crippen molar-refractivity contribution >= 4 is 8.32 Å². The molecule has 0 spiro atoms. The van der Waals surface area contributed by atoms with Gasteiger partial charge in [-0.1, -0.05) is 65.8 Å². The first-order chi connectivity index (χ1) is 13.8. The normalized spacial score (nSPS) is 19.7. The number of aliphatic hydroxyl groups is 2. The highest BCUT2D eigenvalue weighted by atomic mass is 28.4.